The smallest absolute Gasteiger partial charge is 0.303 e. The predicted octanol–water partition coefficient (Wildman–Crippen LogP) is 2.83. The zero-order valence-corrected chi connectivity index (χ0v) is 13.4. The number of hydrogen-bond acceptors (Lipinski definition) is 5. The van der Waals surface area contributed by atoms with Gasteiger partial charge >= 0.3 is 5.97 Å². The van der Waals surface area contributed by atoms with E-state index in [1.165, 1.54) is 6.92 Å². The zero-order valence-electron chi connectivity index (χ0n) is 13.4. The van der Waals surface area contributed by atoms with Crippen LogP contribution in [0.5, 0.6) is 0 Å². The van der Waals surface area contributed by atoms with Gasteiger partial charge in [-0.05, 0) is 18.9 Å². The van der Waals surface area contributed by atoms with Crippen molar-refractivity contribution in [3.8, 4) is 0 Å². The molecule has 1 aliphatic rings. The molecule has 122 valence electrons. The fourth-order valence-electron chi connectivity index (χ4n) is 2.05. The molecule has 0 saturated heterocycles. The summed E-state index contributed by atoms with van der Waals surface area (Å²) in [7, 11) is 0. The third-order valence-electron chi connectivity index (χ3n) is 3.25. The van der Waals surface area contributed by atoms with Gasteiger partial charge in [0.15, 0.2) is 12.2 Å². The van der Waals surface area contributed by atoms with E-state index in [9.17, 15) is 4.79 Å². The Kier molecular flexibility index (Phi) is 9.10. The topological polar surface area (TPSA) is 54.0 Å². The quantitative estimate of drug-likeness (QED) is 0.459. The van der Waals surface area contributed by atoms with E-state index in [4.69, 9.17) is 18.9 Å². The number of unbranched alkanes of at least 4 members (excludes halogenated alkanes) is 2. The molecule has 21 heavy (non-hydrogen) atoms. The first-order chi connectivity index (χ1) is 10.2. The molecule has 0 spiro atoms. The van der Waals surface area contributed by atoms with E-state index in [2.05, 4.69) is 13.8 Å². The molecule has 0 N–H and O–H groups in total. The summed E-state index contributed by atoms with van der Waals surface area (Å²) in [6, 6.07) is 0. The number of hydrogen-bond donors (Lipinski definition) is 0. The number of esters is 1. The van der Waals surface area contributed by atoms with Crippen LogP contribution in [0.1, 0.15) is 46.5 Å². The highest BCUT2D eigenvalue weighted by Crippen LogP contribution is 2.20. The van der Waals surface area contributed by atoms with Crippen molar-refractivity contribution in [2.45, 2.75) is 64.8 Å². The number of carbonyl (C=O) groups is 1. The molecule has 0 fully saturated rings. The number of ether oxygens (including phenoxy) is 4. The second-order valence-corrected chi connectivity index (χ2v) is 5.19. The highest BCUT2D eigenvalue weighted by Gasteiger charge is 2.35. The lowest BCUT2D eigenvalue weighted by molar-refractivity contribution is -0.170. The Balaban J connectivity index is 2.54. The molecule has 5 heteroatoms. The fourth-order valence-corrected chi connectivity index (χ4v) is 2.05. The second kappa shape index (κ2) is 10.6. The molecule has 0 aromatic carbocycles. The van der Waals surface area contributed by atoms with E-state index in [1.54, 1.807) is 12.3 Å². The van der Waals surface area contributed by atoms with Gasteiger partial charge in [-0.3, -0.25) is 4.79 Å². The van der Waals surface area contributed by atoms with Gasteiger partial charge in [0.05, 0.1) is 12.9 Å². The van der Waals surface area contributed by atoms with Gasteiger partial charge in [0.25, 0.3) is 0 Å². The van der Waals surface area contributed by atoms with Gasteiger partial charge in [-0.15, -0.1) is 0 Å². The summed E-state index contributed by atoms with van der Waals surface area (Å²) >= 11 is 0. The van der Waals surface area contributed by atoms with Gasteiger partial charge in [-0.25, -0.2) is 0 Å². The van der Waals surface area contributed by atoms with Crippen molar-refractivity contribution in [3.05, 3.63) is 12.3 Å². The van der Waals surface area contributed by atoms with Crippen LogP contribution in [0.4, 0.5) is 0 Å². The molecule has 0 radical (unpaired) electrons. The highest BCUT2D eigenvalue weighted by atomic mass is 16.6. The van der Waals surface area contributed by atoms with Crippen molar-refractivity contribution in [2.75, 3.05) is 19.8 Å². The van der Waals surface area contributed by atoms with Crippen LogP contribution in [0.15, 0.2) is 12.3 Å². The third-order valence-corrected chi connectivity index (χ3v) is 3.25. The Morgan fingerprint density at radius 3 is 2.57 bits per heavy atom. The Morgan fingerprint density at radius 2 is 1.90 bits per heavy atom. The molecular weight excluding hydrogens is 272 g/mol. The zero-order chi connectivity index (χ0) is 15.5. The monoisotopic (exact) mass is 300 g/mol. The van der Waals surface area contributed by atoms with Crippen LogP contribution in [-0.2, 0) is 23.7 Å². The predicted molar refractivity (Wildman–Crippen MR) is 79.9 cm³/mol. The van der Waals surface area contributed by atoms with Gasteiger partial charge < -0.3 is 18.9 Å². The molecule has 1 heterocycles. The first-order valence-corrected chi connectivity index (χ1v) is 7.87. The van der Waals surface area contributed by atoms with E-state index in [1.807, 2.05) is 0 Å². The third kappa shape index (κ3) is 6.96. The van der Waals surface area contributed by atoms with E-state index in [-0.39, 0.29) is 18.2 Å². The summed E-state index contributed by atoms with van der Waals surface area (Å²) in [6.07, 6.45) is 6.52. The fraction of sp³-hybridized carbons (Fsp3) is 0.812. The van der Waals surface area contributed by atoms with E-state index in [0.29, 0.717) is 19.8 Å². The number of carbonyl (C=O) groups excluding carboxylic acids is 1. The summed E-state index contributed by atoms with van der Waals surface area (Å²) < 4.78 is 22.3. The average Bonchev–Trinajstić information content (AvgIpc) is 2.46. The summed E-state index contributed by atoms with van der Waals surface area (Å²) in [5.41, 5.74) is 0. The normalized spacial score (nSPS) is 24.6. The molecule has 0 amide bonds. The summed E-state index contributed by atoms with van der Waals surface area (Å²) in [6.45, 7) is 7.35. The highest BCUT2D eigenvalue weighted by molar-refractivity contribution is 5.66. The maximum atomic E-state index is 11.3. The molecule has 0 aliphatic carbocycles. The molecule has 0 bridgehead atoms. The van der Waals surface area contributed by atoms with Crippen molar-refractivity contribution >= 4 is 5.97 Å². The maximum Gasteiger partial charge on any atom is 0.303 e. The van der Waals surface area contributed by atoms with E-state index < -0.39 is 6.10 Å². The van der Waals surface area contributed by atoms with Crippen LogP contribution >= 0.6 is 0 Å². The molecule has 1 unspecified atom stereocenters. The molecular formula is C16H28O5. The van der Waals surface area contributed by atoms with Gasteiger partial charge in [0, 0.05) is 20.1 Å². The second-order valence-electron chi connectivity index (χ2n) is 5.19. The van der Waals surface area contributed by atoms with Gasteiger partial charge in [-0.2, -0.15) is 0 Å². The standard InChI is InChI=1S/C16H28O5/c1-4-6-9-18-12-15-16(21-13(3)17)14(8-11-20-15)19-10-7-5-2/h8,11,14-16H,4-7,9-10,12H2,1-3H3/t14-,15?,16+/m1/s1. The van der Waals surface area contributed by atoms with Crippen LogP contribution in [0.3, 0.4) is 0 Å². The largest absolute Gasteiger partial charge is 0.492 e. The summed E-state index contributed by atoms with van der Waals surface area (Å²) in [4.78, 5) is 11.3. The minimum absolute atomic E-state index is 0.269. The Labute approximate surface area is 127 Å². The first-order valence-electron chi connectivity index (χ1n) is 7.87. The minimum Gasteiger partial charge on any atom is -0.492 e. The Morgan fingerprint density at radius 1 is 1.19 bits per heavy atom. The molecule has 1 rings (SSSR count). The van der Waals surface area contributed by atoms with Crippen LogP contribution in [-0.4, -0.2) is 44.1 Å². The number of rotatable bonds is 10. The van der Waals surface area contributed by atoms with Gasteiger partial charge in [0.2, 0.25) is 0 Å². The Bertz CT molecular complexity index is 316. The summed E-state index contributed by atoms with van der Waals surface area (Å²) in [5.74, 6) is -0.332. The summed E-state index contributed by atoms with van der Waals surface area (Å²) in [5, 5.41) is 0. The van der Waals surface area contributed by atoms with Gasteiger partial charge in [0.1, 0.15) is 6.10 Å². The molecule has 0 aromatic rings. The molecule has 5 nitrogen and oxygen atoms in total. The van der Waals surface area contributed by atoms with Gasteiger partial charge in [-0.1, -0.05) is 26.7 Å². The maximum absolute atomic E-state index is 11.3. The van der Waals surface area contributed by atoms with Crippen molar-refractivity contribution in [3.63, 3.8) is 0 Å². The minimum atomic E-state index is -0.453. The SMILES string of the molecule is CCCCOCC1OC=C[C@@H](OCCCC)[C@@H]1OC(C)=O. The molecule has 0 saturated carbocycles. The van der Waals surface area contributed by atoms with Crippen LogP contribution < -0.4 is 0 Å². The Hall–Kier alpha value is -1.07. The lowest BCUT2D eigenvalue weighted by Crippen LogP contribution is -2.46. The lowest BCUT2D eigenvalue weighted by Gasteiger charge is -2.33. The van der Waals surface area contributed by atoms with Crippen molar-refractivity contribution in [2.24, 2.45) is 0 Å². The molecule has 3 atom stereocenters. The molecule has 0 aromatic heterocycles. The first kappa shape index (κ1) is 18.0. The van der Waals surface area contributed by atoms with Crippen molar-refractivity contribution in [1.29, 1.82) is 0 Å². The van der Waals surface area contributed by atoms with E-state index in [0.717, 1.165) is 25.7 Å². The van der Waals surface area contributed by atoms with Crippen LogP contribution in [0.2, 0.25) is 0 Å². The van der Waals surface area contributed by atoms with Crippen LogP contribution in [0, 0.1) is 0 Å². The van der Waals surface area contributed by atoms with Crippen LogP contribution in [0.25, 0.3) is 0 Å². The van der Waals surface area contributed by atoms with Crippen molar-refractivity contribution < 1.29 is 23.7 Å². The average molecular weight is 300 g/mol. The molecule has 1 aliphatic heterocycles. The van der Waals surface area contributed by atoms with Crippen molar-refractivity contribution in [1.82, 2.24) is 0 Å². The van der Waals surface area contributed by atoms with E-state index >= 15 is 0 Å². The lowest BCUT2D eigenvalue weighted by atomic mass is 10.1.